The molecule has 0 unspecified atom stereocenters. The fourth-order valence-electron chi connectivity index (χ4n) is 4.36. The van der Waals surface area contributed by atoms with Gasteiger partial charge in [0.25, 0.3) is 0 Å². The zero-order valence-electron chi connectivity index (χ0n) is 28.6. The van der Waals surface area contributed by atoms with Crippen LogP contribution in [0.25, 0.3) is 0 Å². The predicted molar refractivity (Wildman–Crippen MR) is 180 cm³/mol. The minimum absolute atomic E-state index is 0.0399. The van der Waals surface area contributed by atoms with E-state index in [0.717, 1.165) is 38.5 Å². The second-order valence-corrected chi connectivity index (χ2v) is 11.1. The maximum Gasteiger partial charge on any atom is 0.335 e. The molecular formula is C34H52N3O13. The van der Waals surface area contributed by atoms with Crippen LogP contribution in [0.5, 0.6) is 5.75 Å². The molecule has 0 aliphatic carbocycles. The highest BCUT2D eigenvalue weighted by Crippen LogP contribution is 2.14. The second kappa shape index (κ2) is 29.8. The smallest absolute Gasteiger partial charge is 0.335 e. The summed E-state index contributed by atoms with van der Waals surface area (Å²) in [4.78, 5) is 68.8. The Morgan fingerprint density at radius 1 is 0.660 bits per heavy atom. The monoisotopic (exact) mass is 710 g/mol. The van der Waals surface area contributed by atoms with Crippen molar-refractivity contribution < 1.29 is 62.7 Å². The number of unbranched alkanes of at least 4 members (excludes halogenated alkanes) is 6. The highest BCUT2D eigenvalue weighted by Gasteiger charge is 2.21. The highest BCUT2D eigenvalue weighted by molar-refractivity contribution is 5.88. The lowest BCUT2D eigenvalue weighted by Gasteiger charge is -2.18. The van der Waals surface area contributed by atoms with Gasteiger partial charge < -0.3 is 49.8 Å². The number of amides is 3. The normalized spacial score (nSPS) is 11.4. The first-order chi connectivity index (χ1) is 24.2. The molecule has 0 bridgehead atoms. The van der Waals surface area contributed by atoms with Crippen LogP contribution < -0.4 is 20.7 Å². The van der Waals surface area contributed by atoms with E-state index < -0.39 is 23.9 Å². The van der Waals surface area contributed by atoms with Crippen LogP contribution in [0.3, 0.4) is 0 Å². The molecule has 0 saturated heterocycles. The molecular weight excluding hydrogens is 658 g/mol. The number of carboxylic acid groups (broad SMARTS) is 2. The summed E-state index contributed by atoms with van der Waals surface area (Å²) in [5.41, 5.74) is 0.216. The number of carbonyl (C=O) groups excluding carboxylic acids is 4. The summed E-state index contributed by atoms with van der Waals surface area (Å²) in [5, 5.41) is 25.9. The molecule has 50 heavy (non-hydrogen) atoms. The van der Waals surface area contributed by atoms with Crippen LogP contribution in [0.15, 0.2) is 24.3 Å². The Bertz CT molecular complexity index is 1120. The molecule has 1 rings (SSSR count). The number of nitrogens with one attached hydrogen (secondary N) is 3. The van der Waals surface area contributed by atoms with Crippen LogP contribution in [0, 0.1) is 0 Å². The minimum Gasteiger partial charge on any atom is -0.494 e. The number of aliphatic carboxylic acids is 1. The van der Waals surface area contributed by atoms with Gasteiger partial charge in [-0.3, -0.25) is 24.0 Å². The van der Waals surface area contributed by atoms with E-state index in [9.17, 15) is 28.8 Å². The summed E-state index contributed by atoms with van der Waals surface area (Å²) in [5.74, 6) is -2.53. The summed E-state index contributed by atoms with van der Waals surface area (Å²) >= 11 is 0. The van der Waals surface area contributed by atoms with Gasteiger partial charge in [0, 0.05) is 25.9 Å². The molecule has 16 nitrogen and oxygen atoms in total. The van der Waals surface area contributed by atoms with Crippen molar-refractivity contribution >= 4 is 35.9 Å². The molecule has 16 heteroatoms. The number of carbonyl (C=O) groups is 5. The van der Waals surface area contributed by atoms with Crippen LogP contribution in [0.1, 0.15) is 74.6 Å². The molecule has 1 atom stereocenters. The van der Waals surface area contributed by atoms with Crippen molar-refractivity contribution in [3.63, 3.8) is 0 Å². The summed E-state index contributed by atoms with van der Waals surface area (Å²) in [6.07, 6.45) is 7.90. The van der Waals surface area contributed by atoms with Crippen molar-refractivity contribution in [2.24, 2.45) is 0 Å². The van der Waals surface area contributed by atoms with Gasteiger partial charge in [0.1, 0.15) is 25.0 Å². The summed E-state index contributed by atoms with van der Waals surface area (Å²) < 4.78 is 26.4. The van der Waals surface area contributed by atoms with E-state index in [-0.39, 0.29) is 89.4 Å². The average Bonchev–Trinajstić information content (AvgIpc) is 3.09. The first-order valence-electron chi connectivity index (χ1n) is 16.9. The van der Waals surface area contributed by atoms with E-state index in [1.54, 1.807) is 18.4 Å². The molecule has 0 spiro atoms. The van der Waals surface area contributed by atoms with E-state index in [4.69, 9.17) is 33.9 Å². The lowest BCUT2D eigenvalue weighted by Crippen LogP contribution is -2.47. The van der Waals surface area contributed by atoms with Gasteiger partial charge in [-0.1, -0.05) is 32.1 Å². The Morgan fingerprint density at radius 2 is 1.26 bits per heavy atom. The van der Waals surface area contributed by atoms with Crippen molar-refractivity contribution in [1.29, 1.82) is 0 Å². The quantitative estimate of drug-likeness (QED) is 0.0655. The molecule has 3 amide bonds. The van der Waals surface area contributed by atoms with Crippen LogP contribution in [0.2, 0.25) is 0 Å². The minimum atomic E-state index is -1.07. The molecule has 5 N–H and O–H groups in total. The van der Waals surface area contributed by atoms with Crippen LogP contribution >= 0.6 is 0 Å². The first-order valence-corrected chi connectivity index (χ1v) is 16.9. The number of rotatable bonds is 33. The Morgan fingerprint density at radius 3 is 1.90 bits per heavy atom. The van der Waals surface area contributed by atoms with Crippen molar-refractivity contribution in [2.45, 2.75) is 70.3 Å². The molecule has 1 radical (unpaired) electrons. The van der Waals surface area contributed by atoms with E-state index in [0.29, 0.717) is 31.9 Å². The summed E-state index contributed by atoms with van der Waals surface area (Å²) in [6, 6.07) is 5.33. The third-order valence-corrected chi connectivity index (χ3v) is 6.97. The molecule has 1 aromatic rings. The van der Waals surface area contributed by atoms with Gasteiger partial charge in [-0.15, -0.1) is 0 Å². The largest absolute Gasteiger partial charge is 0.494 e. The zero-order valence-corrected chi connectivity index (χ0v) is 28.6. The van der Waals surface area contributed by atoms with Crippen molar-refractivity contribution in [3.8, 4) is 5.75 Å². The summed E-state index contributed by atoms with van der Waals surface area (Å²) in [6.45, 7) is 2.07. The summed E-state index contributed by atoms with van der Waals surface area (Å²) in [7, 11) is 0. The molecule has 0 heterocycles. The third-order valence-electron chi connectivity index (χ3n) is 6.97. The zero-order chi connectivity index (χ0) is 36.7. The molecule has 0 aliphatic rings. The third kappa shape index (κ3) is 24.9. The van der Waals surface area contributed by atoms with Crippen molar-refractivity contribution in [3.05, 3.63) is 29.8 Å². The number of aromatic carboxylic acids is 1. The highest BCUT2D eigenvalue weighted by atomic mass is 16.5. The molecule has 0 aliphatic heterocycles. The number of ether oxygens (including phenoxy) is 5. The molecule has 281 valence electrons. The lowest BCUT2D eigenvalue weighted by atomic mass is 10.1. The van der Waals surface area contributed by atoms with Crippen molar-refractivity contribution in [2.75, 3.05) is 72.6 Å². The average molecular weight is 711 g/mol. The van der Waals surface area contributed by atoms with Crippen LogP contribution in [-0.4, -0.2) is 125 Å². The van der Waals surface area contributed by atoms with Gasteiger partial charge in [0.05, 0.1) is 51.8 Å². The van der Waals surface area contributed by atoms with Crippen molar-refractivity contribution in [1.82, 2.24) is 16.0 Å². The molecule has 1 aromatic carbocycles. The fraction of sp³-hybridized carbons (Fsp3) is 0.647. The number of hydrogen-bond donors (Lipinski definition) is 5. The molecule has 0 aromatic heterocycles. The van der Waals surface area contributed by atoms with Gasteiger partial charge in [-0.25, -0.2) is 4.79 Å². The Balaban J connectivity index is 2.09. The number of hydrogen-bond acceptors (Lipinski definition) is 11. The molecule has 0 fully saturated rings. The van der Waals surface area contributed by atoms with Gasteiger partial charge in [-0.2, -0.15) is 0 Å². The van der Waals surface area contributed by atoms with Gasteiger partial charge in [-0.05, 0) is 43.5 Å². The second-order valence-electron chi connectivity index (χ2n) is 11.1. The topological polar surface area (TPSA) is 225 Å². The van der Waals surface area contributed by atoms with E-state index in [1.165, 1.54) is 12.1 Å². The van der Waals surface area contributed by atoms with E-state index in [1.807, 2.05) is 0 Å². The first kappa shape index (κ1) is 43.9. The van der Waals surface area contributed by atoms with Gasteiger partial charge >= 0.3 is 11.9 Å². The van der Waals surface area contributed by atoms with Gasteiger partial charge in [0.15, 0.2) is 0 Å². The Kier molecular flexibility index (Phi) is 26.1. The fourth-order valence-corrected chi connectivity index (χ4v) is 4.36. The van der Waals surface area contributed by atoms with Gasteiger partial charge in [0.2, 0.25) is 24.0 Å². The standard InChI is InChI=1S/C34H52N3O13/c38-17-21-48-23-22-46-19-15-35-31(40)26-49-25-24-47-20-16-36-33(43)29(13-14-32(41)42)37-30(39)8-6-4-2-1-3-5-7-18-50-28-11-9-27(10-12-28)34(44)45/h9-12,29H,1-8,13-16,18-26H2,(H,35,40)(H,36,43)(H,37,39)(H,41,42)(H,44,45)/t29-/m0/s1. The maximum atomic E-state index is 12.6. The maximum absolute atomic E-state index is 12.6. The number of carboxylic acids is 2. The lowest BCUT2D eigenvalue weighted by molar-refractivity contribution is -0.138. The van der Waals surface area contributed by atoms with E-state index >= 15 is 0 Å². The SMILES string of the molecule is O=[C]COCCOCCNC(=O)COCCOCCNC(=O)[C@H](CCC(=O)O)NC(=O)CCCCCCCCCOc1ccc(C(=O)O)cc1. The molecule has 0 saturated carbocycles. The van der Waals surface area contributed by atoms with Crippen LogP contribution in [0.4, 0.5) is 0 Å². The predicted octanol–water partition coefficient (Wildman–Crippen LogP) is 1.64. The Labute approximate surface area is 292 Å². The Hall–Kier alpha value is -4.12. The van der Waals surface area contributed by atoms with Crippen LogP contribution in [-0.2, 0) is 42.9 Å². The van der Waals surface area contributed by atoms with E-state index in [2.05, 4.69) is 16.0 Å². The number of benzene rings is 1.